The predicted octanol–water partition coefficient (Wildman–Crippen LogP) is 4.85. The summed E-state index contributed by atoms with van der Waals surface area (Å²) >= 11 is 5.96. The number of ether oxygens (including phenoxy) is 1. The molecule has 162 valence electrons. The molecule has 0 fully saturated rings. The zero-order chi connectivity index (χ0) is 22.2. The van der Waals surface area contributed by atoms with Crippen LogP contribution in [0.3, 0.4) is 0 Å². The van der Waals surface area contributed by atoms with Crippen LogP contribution in [0.15, 0.2) is 48.8 Å². The minimum atomic E-state index is -4.56. The van der Waals surface area contributed by atoms with Crippen LogP contribution in [-0.4, -0.2) is 34.0 Å². The van der Waals surface area contributed by atoms with Crippen LogP contribution in [0.2, 0.25) is 5.15 Å². The van der Waals surface area contributed by atoms with Gasteiger partial charge in [0.05, 0.1) is 25.0 Å². The molecule has 2 unspecified atom stereocenters. The second-order valence-electron chi connectivity index (χ2n) is 6.91. The lowest BCUT2D eigenvalue weighted by molar-refractivity contribution is -0.173. The highest BCUT2D eigenvalue weighted by atomic mass is 35.5. The van der Waals surface area contributed by atoms with Crippen LogP contribution in [0.25, 0.3) is 0 Å². The number of aromatic nitrogens is 3. The Labute approximate surface area is 180 Å². The number of alkyl halides is 3. The van der Waals surface area contributed by atoms with Crippen LogP contribution < -0.4 is 15.4 Å². The molecular formula is C20H17ClF3N5O2. The molecule has 0 bridgehead atoms. The summed E-state index contributed by atoms with van der Waals surface area (Å²) in [6.45, 7) is 0. The van der Waals surface area contributed by atoms with Gasteiger partial charge in [-0.1, -0.05) is 23.7 Å². The van der Waals surface area contributed by atoms with Gasteiger partial charge in [-0.3, -0.25) is 4.79 Å². The first-order chi connectivity index (χ1) is 14.8. The highest BCUT2D eigenvalue weighted by molar-refractivity contribution is 6.32. The molecule has 0 radical (unpaired) electrons. The van der Waals surface area contributed by atoms with E-state index < -0.39 is 24.2 Å². The molecule has 11 heteroatoms. The van der Waals surface area contributed by atoms with Gasteiger partial charge in [-0.05, 0) is 29.8 Å². The molecule has 2 N–H and O–H groups in total. The summed E-state index contributed by atoms with van der Waals surface area (Å²) in [6.07, 6.45) is -2.29. The fourth-order valence-electron chi connectivity index (χ4n) is 3.47. The molecular weight excluding hydrogens is 435 g/mol. The van der Waals surface area contributed by atoms with Crippen LogP contribution in [0.4, 0.5) is 24.7 Å². The number of anilines is 2. The Morgan fingerprint density at radius 2 is 2.13 bits per heavy atom. The van der Waals surface area contributed by atoms with E-state index in [9.17, 15) is 18.0 Å². The Balaban J connectivity index is 1.71. The highest BCUT2D eigenvalue weighted by Gasteiger charge is 2.47. The van der Waals surface area contributed by atoms with Crippen molar-refractivity contribution in [2.24, 2.45) is 0 Å². The maximum atomic E-state index is 13.8. The van der Waals surface area contributed by atoms with Crippen molar-refractivity contribution < 1.29 is 22.7 Å². The molecule has 3 heterocycles. The number of carbonyl (C=O) groups is 1. The van der Waals surface area contributed by atoms with E-state index in [2.05, 4.69) is 20.7 Å². The Hall–Kier alpha value is -3.27. The van der Waals surface area contributed by atoms with Gasteiger partial charge in [0, 0.05) is 12.6 Å². The maximum Gasteiger partial charge on any atom is 0.410 e. The fraction of sp³-hybridized carbons (Fsp3) is 0.250. The van der Waals surface area contributed by atoms with Crippen LogP contribution in [0, 0.1) is 0 Å². The summed E-state index contributed by atoms with van der Waals surface area (Å²) in [5.41, 5.74) is 0.797. The van der Waals surface area contributed by atoms with E-state index >= 15 is 0 Å². The molecule has 4 rings (SSSR count). The van der Waals surface area contributed by atoms with Crippen molar-refractivity contribution in [2.45, 2.75) is 24.7 Å². The predicted molar refractivity (Wildman–Crippen MR) is 108 cm³/mol. The first kappa shape index (κ1) is 21.0. The Morgan fingerprint density at radius 1 is 1.32 bits per heavy atom. The number of amides is 1. The lowest BCUT2D eigenvalue weighted by Crippen LogP contribution is -2.36. The summed E-state index contributed by atoms with van der Waals surface area (Å²) in [6, 6.07) is 7.26. The molecule has 1 aromatic carbocycles. The summed E-state index contributed by atoms with van der Waals surface area (Å²) < 4.78 is 47.5. The lowest BCUT2D eigenvalue weighted by atomic mass is 9.96. The molecule has 0 saturated heterocycles. The van der Waals surface area contributed by atoms with Gasteiger partial charge in [-0.15, -0.1) is 0 Å². The molecule has 2 aromatic heterocycles. The number of nitrogens with one attached hydrogen (secondary N) is 2. The first-order valence-corrected chi connectivity index (χ1v) is 9.62. The van der Waals surface area contributed by atoms with Crippen molar-refractivity contribution in [1.82, 2.24) is 14.8 Å². The normalized spacial score (nSPS) is 18.1. The van der Waals surface area contributed by atoms with E-state index in [0.717, 1.165) is 10.9 Å². The van der Waals surface area contributed by atoms with Crippen molar-refractivity contribution in [2.75, 3.05) is 17.7 Å². The van der Waals surface area contributed by atoms with Crippen molar-refractivity contribution in [1.29, 1.82) is 0 Å². The van der Waals surface area contributed by atoms with E-state index in [1.54, 1.807) is 30.3 Å². The van der Waals surface area contributed by atoms with Gasteiger partial charge in [0.15, 0.2) is 11.2 Å². The third-order valence-corrected chi connectivity index (χ3v) is 5.29. The van der Waals surface area contributed by atoms with Gasteiger partial charge in [0.25, 0.3) is 5.91 Å². The summed E-state index contributed by atoms with van der Waals surface area (Å²) in [5, 5.41) is 9.51. The van der Waals surface area contributed by atoms with E-state index in [4.69, 9.17) is 16.3 Å². The van der Waals surface area contributed by atoms with E-state index in [-0.39, 0.29) is 28.6 Å². The number of hydrogen-bond donors (Lipinski definition) is 2. The second kappa shape index (κ2) is 8.10. The van der Waals surface area contributed by atoms with E-state index in [1.165, 1.54) is 19.4 Å². The van der Waals surface area contributed by atoms with Crippen LogP contribution in [-0.2, 0) is 0 Å². The van der Waals surface area contributed by atoms with Crippen molar-refractivity contribution in [3.8, 4) is 5.75 Å². The van der Waals surface area contributed by atoms with Gasteiger partial charge in [-0.2, -0.15) is 18.3 Å². The summed E-state index contributed by atoms with van der Waals surface area (Å²) in [4.78, 5) is 16.7. The van der Waals surface area contributed by atoms with E-state index in [1.807, 2.05) is 0 Å². The average Bonchev–Trinajstić information content (AvgIpc) is 3.18. The Kier molecular flexibility index (Phi) is 5.48. The van der Waals surface area contributed by atoms with Gasteiger partial charge < -0.3 is 15.4 Å². The molecule has 31 heavy (non-hydrogen) atoms. The zero-order valence-electron chi connectivity index (χ0n) is 16.2. The molecule has 1 aliphatic heterocycles. The molecule has 1 amide bonds. The van der Waals surface area contributed by atoms with Crippen molar-refractivity contribution >= 4 is 29.0 Å². The standard InChI is InChI=1S/C20H17ClF3N5O2/c1-31-12-5-2-4-11(8-12)15-9-16(20(22,23)24)29-18(27-15)13(10-26-29)19(30)28-14-6-3-7-25-17(14)21/h2-8,10,15-16,27H,9H2,1H3,(H,28,30). The van der Waals surface area contributed by atoms with Gasteiger partial charge in [-0.25, -0.2) is 9.67 Å². The summed E-state index contributed by atoms with van der Waals surface area (Å²) in [7, 11) is 1.48. The van der Waals surface area contributed by atoms with Gasteiger partial charge in [0.2, 0.25) is 0 Å². The zero-order valence-corrected chi connectivity index (χ0v) is 16.9. The number of carbonyl (C=O) groups excluding carboxylic acids is 1. The third kappa shape index (κ3) is 4.15. The first-order valence-electron chi connectivity index (χ1n) is 9.24. The topological polar surface area (TPSA) is 81.1 Å². The van der Waals surface area contributed by atoms with Gasteiger partial charge >= 0.3 is 6.18 Å². The monoisotopic (exact) mass is 451 g/mol. The number of halogens is 4. The van der Waals surface area contributed by atoms with E-state index in [0.29, 0.717) is 11.3 Å². The van der Waals surface area contributed by atoms with Crippen LogP contribution in [0.1, 0.15) is 34.4 Å². The maximum absolute atomic E-state index is 13.8. The quantitative estimate of drug-likeness (QED) is 0.554. The van der Waals surface area contributed by atoms with Crippen LogP contribution >= 0.6 is 11.6 Å². The minimum absolute atomic E-state index is 0.0288. The molecule has 0 spiro atoms. The number of pyridine rings is 1. The minimum Gasteiger partial charge on any atom is -0.497 e. The largest absolute Gasteiger partial charge is 0.497 e. The SMILES string of the molecule is COc1cccc(C2CC(C(F)(F)F)n3ncc(C(=O)Nc4cccnc4Cl)c3N2)c1. The molecule has 7 nitrogen and oxygen atoms in total. The van der Waals surface area contributed by atoms with Gasteiger partial charge in [0.1, 0.15) is 17.1 Å². The lowest BCUT2D eigenvalue weighted by Gasteiger charge is -2.34. The molecule has 2 atom stereocenters. The highest BCUT2D eigenvalue weighted by Crippen LogP contribution is 2.44. The smallest absolute Gasteiger partial charge is 0.410 e. The number of nitrogens with zero attached hydrogens (tertiary/aromatic N) is 3. The second-order valence-corrected chi connectivity index (χ2v) is 7.27. The fourth-order valence-corrected chi connectivity index (χ4v) is 3.64. The third-order valence-electron chi connectivity index (χ3n) is 4.99. The Bertz CT molecular complexity index is 1120. The van der Waals surface area contributed by atoms with Crippen molar-refractivity contribution in [3.05, 3.63) is 65.1 Å². The Morgan fingerprint density at radius 3 is 2.84 bits per heavy atom. The molecule has 0 aliphatic carbocycles. The number of methoxy groups -OCH3 is 1. The number of rotatable bonds is 4. The number of benzene rings is 1. The average molecular weight is 452 g/mol. The molecule has 1 aliphatic rings. The number of fused-ring (bicyclic) bond motifs is 1. The molecule has 3 aromatic rings. The summed E-state index contributed by atoms with van der Waals surface area (Å²) in [5.74, 6) is -0.166. The number of hydrogen-bond acceptors (Lipinski definition) is 5. The van der Waals surface area contributed by atoms with Crippen molar-refractivity contribution in [3.63, 3.8) is 0 Å². The van der Waals surface area contributed by atoms with Crippen LogP contribution in [0.5, 0.6) is 5.75 Å². The molecule has 0 saturated carbocycles.